The van der Waals surface area contributed by atoms with Crippen LogP contribution in [-0.4, -0.2) is 29.7 Å². The lowest BCUT2D eigenvalue weighted by atomic mass is 10.0. The van der Waals surface area contributed by atoms with E-state index in [2.05, 4.69) is 15.8 Å². The van der Waals surface area contributed by atoms with E-state index in [0.717, 1.165) is 23.4 Å². The number of carbonyl (C=O) groups is 2. The maximum absolute atomic E-state index is 12.0. The molecule has 0 aliphatic carbocycles. The molecule has 2 amide bonds. The molecule has 0 saturated heterocycles. The second-order valence-electron chi connectivity index (χ2n) is 5.41. The first-order valence-corrected chi connectivity index (χ1v) is 7.40. The Morgan fingerprint density at radius 2 is 2.05 bits per heavy atom. The van der Waals surface area contributed by atoms with E-state index in [1.165, 1.54) is 6.92 Å². The molecule has 1 aromatic rings. The van der Waals surface area contributed by atoms with Crippen LogP contribution >= 0.6 is 0 Å². The summed E-state index contributed by atoms with van der Waals surface area (Å²) in [5.74, 6) is -0.251. The summed E-state index contributed by atoms with van der Waals surface area (Å²) in [5, 5.41) is 9.59. The highest BCUT2D eigenvalue weighted by atomic mass is 16.6. The quantitative estimate of drug-likeness (QED) is 0.873. The summed E-state index contributed by atoms with van der Waals surface area (Å²) in [6, 6.07) is 7.42. The molecule has 118 valence electrons. The van der Waals surface area contributed by atoms with E-state index < -0.39 is 6.10 Å². The molecule has 2 unspecified atom stereocenters. The predicted octanol–water partition coefficient (Wildman–Crippen LogP) is 2.05. The number of amides is 2. The van der Waals surface area contributed by atoms with Gasteiger partial charge in [-0.25, -0.2) is 0 Å². The van der Waals surface area contributed by atoms with Crippen molar-refractivity contribution in [1.29, 1.82) is 0 Å². The molecule has 1 aliphatic heterocycles. The summed E-state index contributed by atoms with van der Waals surface area (Å²) in [5.41, 5.74) is 2.34. The fourth-order valence-corrected chi connectivity index (χ4v) is 2.08. The van der Waals surface area contributed by atoms with E-state index in [-0.39, 0.29) is 17.9 Å². The first kappa shape index (κ1) is 16.0. The Labute approximate surface area is 129 Å². The molecule has 0 fully saturated rings. The molecule has 2 rings (SSSR count). The van der Waals surface area contributed by atoms with E-state index >= 15 is 0 Å². The monoisotopic (exact) mass is 303 g/mol. The molecule has 0 bridgehead atoms. The molecular weight excluding hydrogens is 282 g/mol. The minimum atomic E-state index is -0.570. The molecule has 0 radical (unpaired) electrons. The summed E-state index contributed by atoms with van der Waals surface area (Å²) >= 11 is 0. The highest BCUT2D eigenvalue weighted by molar-refractivity contribution is 6.04. The van der Waals surface area contributed by atoms with Gasteiger partial charge in [-0.2, -0.15) is 0 Å². The van der Waals surface area contributed by atoms with Crippen molar-refractivity contribution >= 4 is 23.2 Å². The van der Waals surface area contributed by atoms with Gasteiger partial charge in [0, 0.05) is 25.1 Å². The maximum Gasteiger partial charge on any atom is 0.264 e. The number of rotatable bonds is 5. The normalized spacial score (nSPS) is 18.1. The minimum absolute atomic E-state index is 0.115. The van der Waals surface area contributed by atoms with Gasteiger partial charge < -0.3 is 15.5 Å². The van der Waals surface area contributed by atoms with Crippen LogP contribution in [0.2, 0.25) is 0 Å². The van der Waals surface area contributed by atoms with Gasteiger partial charge in [-0.1, -0.05) is 24.2 Å². The molecule has 2 N–H and O–H groups in total. The first-order chi connectivity index (χ1) is 10.5. The number of benzene rings is 1. The van der Waals surface area contributed by atoms with Gasteiger partial charge in [0.1, 0.15) is 0 Å². The fourth-order valence-electron chi connectivity index (χ4n) is 2.08. The summed E-state index contributed by atoms with van der Waals surface area (Å²) in [4.78, 5) is 28.2. The lowest BCUT2D eigenvalue weighted by Crippen LogP contribution is -2.39. The molecule has 1 aromatic carbocycles. The van der Waals surface area contributed by atoms with Gasteiger partial charge in [-0.3, -0.25) is 9.59 Å². The number of nitrogens with zero attached hydrogens (tertiary/aromatic N) is 1. The van der Waals surface area contributed by atoms with E-state index in [1.807, 2.05) is 26.0 Å². The molecule has 22 heavy (non-hydrogen) atoms. The Morgan fingerprint density at radius 1 is 1.36 bits per heavy atom. The van der Waals surface area contributed by atoms with Crippen molar-refractivity contribution < 1.29 is 14.4 Å². The Morgan fingerprint density at radius 3 is 2.64 bits per heavy atom. The van der Waals surface area contributed by atoms with Gasteiger partial charge in [0.15, 0.2) is 0 Å². The van der Waals surface area contributed by atoms with Crippen LogP contribution in [-0.2, 0) is 14.4 Å². The largest absolute Gasteiger partial charge is 0.382 e. The van der Waals surface area contributed by atoms with Crippen LogP contribution in [0.5, 0.6) is 0 Å². The van der Waals surface area contributed by atoms with Crippen molar-refractivity contribution in [3.05, 3.63) is 29.8 Å². The lowest BCUT2D eigenvalue weighted by molar-refractivity contribution is -0.131. The fraction of sp³-hybridized carbons (Fsp3) is 0.438. The smallest absolute Gasteiger partial charge is 0.264 e. The Balaban J connectivity index is 1.95. The van der Waals surface area contributed by atoms with Crippen molar-refractivity contribution in [2.24, 2.45) is 5.16 Å². The summed E-state index contributed by atoms with van der Waals surface area (Å²) in [7, 11) is 0. The molecular formula is C16H21N3O3. The molecule has 6 nitrogen and oxygen atoms in total. The second-order valence-corrected chi connectivity index (χ2v) is 5.41. The zero-order valence-electron chi connectivity index (χ0n) is 13.1. The summed E-state index contributed by atoms with van der Waals surface area (Å²) in [6.45, 7) is 5.43. The van der Waals surface area contributed by atoms with Gasteiger partial charge in [-0.05, 0) is 31.0 Å². The number of carbonyl (C=O) groups excluding carboxylic acids is 2. The number of hydrogen-bond acceptors (Lipinski definition) is 4. The Bertz CT molecular complexity index is 581. The second kappa shape index (κ2) is 7.06. The van der Waals surface area contributed by atoms with Gasteiger partial charge in [0.05, 0.1) is 5.71 Å². The molecule has 2 atom stereocenters. The van der Waals surface area contributed by atoms with Gasteiger partial charge in [0.2, 0.25) is 12.0 Å². The number of oxime groups is 1. The van der Waals surface area contributed by atoms with Crippen LogP contribution < -0.4 is 10.6 Å². The zero-order valence-corrected chi connectivity index (χ0v) is 13.1. The van der Waals surface area contributed by atoms with Crippen LogP contribution in [0.1, 0.15) is 39.2 Å². The van der Waals surface area contributed by atoms with Crippen molar-refractivity contribution in [3.63, 3.8) is 0 Å². The van der Waals surface area contributed by atoms with Crippen molar-refractivity contribution in [3.8, 4) is 0 Å². The zero-order chi connectivity index (χ0) is 16.1. The highest BCUT2D eigenvalue weighted by Gasteiger charge is 2.29. The standard InChI is InChI=1S/C16H21N3O3/c1-4-10(2)17-16(21)15-9-14(19-22-15)12-5-7-13(8-6-12)18-11(3)20/h5-8,10,15H,4,9H2,1-3H3,(H,17,21)(H,18,20). The van der Waals surface area contributed by atoms with Crippen LogP contribution in [0.4, 0.5) is 5.69 Å². The van der Waals surface area contributed by atoms with Crippen LogP contribution in [0, 0.1) is 0 Å². The topological polar surface area (TPSA) is 79.8 Å². The average molecular weight is 303 g/mol. The third-order valence-corrected chi connectivity index (χ3v) is 3.50. The molecule has 0 aromatic heterocycles. The van der Waals surface area contributed by atoms with E-state index in [4.69, 9.17) is 4.84 Å². The number of nitrogens with one attached hydrogen (secondary N) is 2. The van der Waals surface area contributed by atoms with E-state index in [1.54, 1.807) is 12.1 Å². The Hall–Kier alpha value is -2.37. The molecule has 6 heteroatoms. The SMILES string of the molecule is CCC(C)NC(=O)C1CC(c2ccc(NC(C)=O)cc2)=NO1. The summed E-state index contributed by atoms with van der Waals surface area (Å²) in [6.07, 6.45) is 0.748. The van der Waals surface area contributed by atoms with Crippen LogP contribution in [0.15, 0.2) is 29.4 Å². The number of hydrogen-bond donors (Lipinski definition) is 2. The van der Waals surface area contributed by atoms with E-state index in [0.29, 0.717) is 6.42 Å². The third-order valence-electron chi connectivity index (χ3n) is 3.50. The summed E-state index contributed by atoms with van der Waals surface area (Å²) < 4.78 is 0. The van der Waals surface area contributed by atoms with Crippen molar-refractivity contribution in [1.82, 2.24) is 5.32 Å². The minimum Gasteiger partial charge on any atom is -0.382 e. The first-order valence-electron chi connectivity index (χ1n) is 7.40. The van der Waals surface area contributed by atoms with Crippen molar-refractivity contribution in [2.75, 3.05) is 5.32 Å². The molecule has 1 heterocycles. The Kier molecular flexibility index (Phi) is 5.14. The lowest BCUT2D eigenvalue weighted by Gasteiger charge is -2.14. The van der Waals surface area contributed by atoms with Crippen LogP contribution in [0.25, 0.3) is 0 Å². The van der Waals surface area contributed by atoms with E-state index in [9.17, 15) is 9.59 Å². The number of anilines is 1. The third kappa shape index (κ3) is 4.07. The highest BCUT2D eigenvalue weighted by Crippen LogP contribution is 2.19. The van der Waals surface area contributed by atoms with Crippen molar-refractivity contribution in [2.45, 2.75) is 45.8 Å². The molecule has 0 spiro atoms. The average Bonchev–Trinajstić information content (AvgIpc) is 2.97. The molecule has 0 saturated carbocycles. The van der Waals surface area contributed by atoms with Gasteiger partial charge in [-0.15, -0.1) is 0 Å². The molecule has 1 aliphatic rings. The van der Waals surface area contributed by atoms with Gasteiger partial charge >= 0.3 is 0 Å². The maximum atomic E-state index is 12.0. The van der Waals surface area contributed by atoms with Gasteiger partial charge in [0.25, 0.3) is 5.91 Å². The predicted molar refractivity (Wildman–Crippen MR) is 84.7 cm³/mol. The van der Waals surface area contributed by atoms with Crippen LogP contribution in [0.3, 0.4) is 0 Å².